The van der Waals surface area contributed by atoms with Crippen LogP contribution in [0.1, 0.15) is 29.7 Å². The Bertz CT molecular complexity index is 960. The number of aryl methyl sites for hydroxylation is 2. The second-order valence-electron chi connectivity index (χ2n) is 6.59. The van der Waals surface area contributed by atoms with Crippen molar-refractivity contribution >= 4 is 11.5 Å². The van der Waals surface area contributed by atoms with Gasteiger partial charge in [-0.25, -0.2) is 4.98 Å². The van der Waals surface area contributed by atoms with Crippen LogP contribution in [-0.4, -0.2) is 19.7 Å². The highest BCUT2D eigenvalue weighted by molar-refractivity contribution is 5.64. The van der Waals surface area contributed by atoms with Crippen molar-refractivity contribution in [3.63, 3.8) is 0 Å². The summed E-state index contributed by atoms with van der Waals surface area (Å²) in [5.74, 6) is 0.470. The van der Waals surface area contributed by atoms with E-state index in [2.05, 4.69) is 20.4 Å². The van der Waals surface area contributed by atoms with Crippen molar-refractivity contribution in [1.29, 1.82) is 0 Å². The first-order chi connectivity index (χ1) is 12.9. The summed E-state index contributed by atoms with van der Waals surface area (Å²) in [4.78, 5) is 8.83. The summed E-state index contributed by atoms with van der Waals surface area (Å²) in [6.07, 6.45) is 3.09. The molecule has 4 rings (SSSR count). The number of nitrogens with one attached hydrogen (secondary N) is 1. The van der Waals surface area contributed by atoms with Crippen molar-refractivity contribution < 1.29 is 13.2 Å². The van der Waals surface area contributed by atoms with Crippen LogP contribution in [0.25, 0.3) is 11.4 Å². The lowest BCUT2D eigenvalue weighted by atomic mass is 9.95. The second kappa shape index (κ2) is 6.68. The summed E-state index contributed by atoms with van der Waals surface area (Å²) >= 11 is 0. The van der Waals surface area contributed by atoms with Crippen LogP contribution < -0.4 is 5.32 Å². The molecule has 1 aliphatic carbocycles. The van der Waals surface area contributed by atoms with Crippen molar-refractivity contribution in [3.05, 3.63) is 53.5 Å². The molecule has 27 heavy (non-hydrogen) atoms. The van der Waals surface area contributed by atoms with Crippen molar-refractivity contribution in [2.75, 3.05) is 5.32 Å². The van der Waals surface area contributed by atoms with Crippen molar-refractivity contribution in [2.24, 2.45) is 7.05 Å². The van der Waals surface area contributed by atoms with E-state index < -0.39 is 11.7 Å². The lowest BCUT2D eigenvalue weighted by Crippen LogP contribution is -2.05. The second-order valence-corrected chi connectivity index (χ2v) is 6.59. The van der Waals surface area contributed by atoms with E-state index in [-0.39, 0.29) is 0 Å². The minimum absolute atomic E-state index is 0.470. The summed E-state index contributed by atoms with van der Waals surface area (Å²) in [5, 5.41) is 7.61. The fourth-order valence-electron chi connectivity index (χ4n) is 3.43. The topological polar surface area (TPSA) is 55.6 Å². The third-order valence-electron chi connectivity index (χ3n) is 4.68. The maximum atomic E-state index is 12.7. The Morgan fingerprint density at radius 3 is 2.52 bits per heavy atom. The van der Waals surface area contributed by atoms with E-state index >= 15 is 0 Å². The molecule has 0 spiro atoms. The van der Waals surface area contributed by atoms with E-state index in [9.17, 15) is 13.2 Å². The molecule has 2 heterocycles. The Hall–Kier alpha value is -2.90. The molecular formula is C19H18F3N5. The van der Waals surface area contributed by atoms with E-state index in [1.54, 1.807) is 12.4 Å². The van der Waals surface area contributed by atoms with Gasteiger partial charge in [-0.05, 0) is 49.9 Å². The number of fused-ring (bicyclic) bond motifs is 1. The quantitative estimate of drug-likeness (QED) is 0.734. The minimum Gasteiger partial charge on any atom is -0.339 e. The van der Waals surface area contributed by atoms with Crippen LogP contribution in [0.3, 0.4) is 0 Å². The van der Waals surface area contributed by atoms with Gasteiger partial charge in [-0.15, -0.1) is 0 Å². The van der Waals surface area contributed by atoms with Gasteiger partial charge in [0.25, 0.3) is 0 Å². The maximum Gasteiger partial charge on any atom is 0.416 e. The van der Waals surface area contributed by atoms with Gasteiger partial charge in [-0.3, -0.25) is 9.67 Å². The molecule has 1 aliphatic rings. The summed E-state index contributed by atoms with van der Waals surface area (Å²) < 4.78 is 39.9. The minimum atomic E-state index is -4.35. The molecular weight excluding hydrogens is 355 g/mol. The van der Waals surface area contributed by atoms with Crippen molar-refractivity contribution in [2.45, 2.75) is 31.9 Å². The monoisotopic (exact) mass is 373 g/mol. The molecule has 3 aromatic rings. The van der Waals surface area contributed by atoms with Gasteiger partial charge in [0.1, 0.15) is 11.5 Å². The van der Waals surface area contributed by atoms with Crippen molar-refractivity contribution in [3.8, 4) is 11.4 Å². The first-order valence-electron chi connectivity index (χ1n) is 8.73. The van der Waals surface area contributed by atoms with Gasteiger partial charge in [-0.1, -0.05) is 0 Å². The highest BCUT2D eigenvalue weighted by atomic mass is 19.4. The Morgan fingerprint density at radius 1 is 1.04 bits per heavy atom. The van der Waals surface area contributed by atoms with Crippen LogP contribution in [0.4, 0.5) is 24.7 Å². The molecule has 140 valence electrons. The van der Waals surface area contributed by atoms with E-state index in [4.69, 9.17) is 0 Å². The number of hydrogen-bond acceptors (Lipinski definition) is 4. The molecule has 1 aromatic carbocycles. The fraction of sp³-hybridized carbons (Fsp3) is 0.316. The van der Waals surface area contributed by atoms with Gasteiger partial charge in [-0.2, -0.15) is 18.3 Å². The van der Waals surface area contributed by atoms with Crippen molar-refractivity contribution in [1.82, 2.24) is 19.7 Å². The third-order valence-corrected chi connectivity index (χ3v) is 4.68. The van der Waals surface area contributed by atoms with E-state index in [1.165, 1.54) is 17.7 Å². The molecule has 5 nitrogen and oxygen atoms in total. The lowest BCUT2D eigenvalue weighted by molar-refractivity contribution is -0.137. The third kappa shape index (κ3) is 3.51. The number of benzene rings is 1. The standard InChI is InChI=1S/C19H18F3N5/c1-27-18(14-4-2-3-5-15(14)26-27)16-10-23-11-17(25-16)24-13-8-6-12(7-9-13)19(20,21)22/h6-11H,2-5H2,1H3,(H,24,25). The van der Waals surface area contributed by atoms with Crippen LogP contribution in [-0.2, 0) is 26.1 Å². The first-order valence-corrected chi connectivity index (χ1v) is 8.73. The number of anilines is 2. The predicted molar refractivity (Wildman–Crippen MR) is 95.6 cm³/mol. The molecule has 0 saturated carbocycles. The van der Waals surface area contributed by atoms with Crippen LogP contribution >= 0.6 is 0 Å². The molecule has 0 saturated heterocycles. The van der Waals surface area contributed by atoms with Gasteiger partial charge in [0, 0.05) is 18.3 Å². The zero-order valence-corrected chi connectivity index (χ0v) is 14.7. The highest BCUT2D eigenvalue weighted by Gasteiger charge is 2.30. The Kier molecular flexibility index (Phi) is 4.33. The Morgan fingerprint density at radius 2 is 1.78 bits per heavy atom. The van der Waals surface area contributed by atoms with Gasteiger partial charge in [0.05, 0.1) is 29.3 Å². The van der Waals surface area contributed by atoms with Gasteiger partial charge >= 0.3 is 6.18 Å². The van der Waals surface area contributed by atoms with Crippen LogP contribution in [0.5, 0.6) is 0 Å². The Balaban J connectivity index is 1.61. The van der Waals surface area contributed by atoms with Crippen LogP contribution in [0.15, 0.2) is 36.7 Å². The molecule has 8 heteroatoms. The molecule has 1 N–H and O–H groups in total. The maximum absolute atomic E-state index is 12.7. The zero-order valence-electron chi connectivity index (χ0n) is 14.7. The molecule has 0 bridgehead atoms. The van der Waals surface area contributed by atoms with E-state index in [0.717, 1.165) is 49.2 Å². The van der Waals surface area contributed by atoms with Gasteiger partial charge in [0.15, 0.2) is 0 Å². The zero-order chi connectivity index (χ0) is 19.0. The first kappa shape index (κ1) is 17.5. The lowest BCUT2D eigenvalue weighted by Gasteiger charge is -2.12. The number of nitrogens with zero attached hydrogens (tertiary/aromatic N) is 4. The molecule has 0 atom stereocenters. The van der Waals surface area contributed by atoms with E-state index in [1.807, 2.05) is 11.7 Å². The van der Waals surface area contributed by atoms with Gasteiger partial charge < -0.3 is 5.32 Å². The molecule has 2 aromatic heterocycles. The normalized spacial score (nSPS) is 14.1. The average molecular weight is 373 g/mol. The molecule has 0 unspecified atom stereocenters. The van der Waals surface area contributed by atoms with Crippen LogP contribution in [0.2, 0.25) is 0 Å². The molecule has 0 amide bonds. The summed E-state index contributed by atoms with van der Waals surface area (Å²) in [6, 6.07) is 4.83. The highest BCUT2D eigenvalue weighted by Crippen LogP contribution is 2.32. The van der Waals surface area contributed by atoms with Crippen LogP contribution in [0, 0.1) is 0 Å². The molecule has 0 radical (unpaired) electrons. The average Bonchev–Trinajstić information content (AvgIpc) is 2.97. The summed E-state index contributed by atoms with van der Waals surface area (Å²) in [6.45, 7) is 0. The number of halogens is 3. The fourth-order valence-corrected chi connectivity index (χ4v) is 3.43. The smallest absolute Gasteiger partial charge is 0.339 e. The SMILES string of the molecule is Cn1nc2c(c1-c1cncc(Nc3ccc(C(F)(F)F)cc3)n1)CCCC2. The Labute approximate surface area is 154 Å². The number of aromatic nitrogens is 4. The summed E-state index contributed by atoms with van der Waals surface area (Å²) in [5.41, 5.74) is 3.81. The molecule has 0 aliphatic heterocycles. The summed E-state index contributed by atoms with van der Waals surface area (Å²) in [7, 11) is 1.89. The van der Waals surface area contributed by atoms with E-state index in [0.29, 0.717) is 17.2 Å². The number of hydrogen-bond donors (Lipinski definition) is 1. The largest absolute Gasteiger partial charge is 0.416 e. The predicted octanol–water partition coefficient (Wildman–Crippen LogP) is 4.52. The number of rotatable bonds is 3. The molecule has 0 fully saturated rings. The van der Waals surface area contributed by atoms with Gasteiger partial charge in [0.2, 0.25) is 0 Å². The number of alkyl halides is 3.